The second kappa shape index (κ2) is 8.20. The summed E-state index contributed by atoms with van der Waals surface area (Å²) in [5, 5.41) is 21.4. The third kappa shape index (κ3) is 3.85. The number of hydrogen-bond donors (Lipinski definition) is 3. The van der Waals surface area contributed by atoms with Gasteiger partial charge in [-0.3, -0.25) is 0 Å². The Hall–Kier alpha value is -2.71. The molecule has 1 aliphatic carbocycles. The van der Waals surface area contributed by atoms with Gasteiger partial charge in [0.25, 0.3) is 0 Å². The molecule has 5 rings (SSSR count). The fraction of sp³-hybridized carbons (Fsp3) is 0.455. The lowest BCUT2D eigenvalue weighted by Crippen LogP contribution is -2.36. The highest BCUT2D eigenvalue weighted by Crippen LogP contribution is 2.38. The van der Waals surface area contributed by atoms with E-state index in [9.17, 15) is 9.50 Å². The second-order valence-electron chi connectivity index (χ2n) is 8.20. The summed E-state index contributed by atoms with van der Waals surface area (Å²) in [4.78, 5) is 4.83. The van der Waals surface area contributed by atoms with Crippen molar-refractivity contribution >= 4 is 23.0 Å². The van der Waals surface area contributed by atoms with Crippen LogP contribution in [0.3, 0.4) is 0 Å². The Morgan fingerprint density at radius 1 is 1.23 bits per heavy atom. The third-order valence-electron chi connectivity index (χ3n) is 6.15. The highest BCUT2D eigenvalue weighted by atomic mass is 19.1. The average Bonchev–Trinajstić information content (AvgIpc) is 3.10. The number of rotatable bonds is 6. The van der Waals surface area contributed by atoms with Gasteiger partial charge in [-0.15, -0.1) is 0 Å². The lowest BCUT2D eigenvalue weighted by molar-refractivity contribution is -0.0396. The van der Waals surface area contributed by atoms with Gasteiger partial charge in [-0.25, -0.2) is 9.37 Å². The van der Waals surface area contributed by atoms with Crippen LogP contribution in [0.1, 0.15) is 37.2 Å². The summed E-state index contributed by atoms with van der Waals surface area (Å²) in [6, 6.07) is 8.24. The summed E-state index contributed by atoms with van der Waals surface area (Å²) in [5.41, 5.74) is 2.61. The predicted octanol–water partition coefficient (Wildman–Crippen LogP) is 3.69. The maximum absolute atomic E-state index is 13.7. The van der Waals surface area contributed by atoms with Crippen LogP contribution in [-0.2, 0) is 4.74 Å². The van der Waals surface area contributed by atoms with Gasteiger partial charge in [0.15, 0.2) is 5.65 Å². The van der Waals surface area contributed by atoms with Crippen molar-refractivity contribution in [2.45, 2.75) is 37.7 Å². The molecule has 2 aliphatic rings. The molecule has 3 aromatic rings. The van der Waals surface area contributed by atoms with E-state index in [2.05, 4.69) is 15.7 Å². The monoisotopic (exact) mass is 411 g/mol. The van der Waals surface area contributed by atoms with Crippen molar-refractivity contribution in [2.24, 2.45) is 5.92 Å². The normalized spacial score (nSPS) is 22.1. The van der Waals surface area contributed by atoms with Crippen LogP contribution in [0.15, 0.2) is 36.5 Å². The molecule has 7 nitrogen and oxygen atoms in total. The summed E-state index contributed by atoms with van der Waals surface area (Å²) in [5.74, 6) is 1.73. The Morgan fingerprint density at radius 2 is 2.13 bits per heavy atom. The van der Waals surface area contributed by atoms with E-state index in [0.29, 0.717) is 43.0 Å². The van der Waals surface area contributed by atoms with E-state index in [0.717, 1.165) is 30.5 Å². The van der Waals surface area contributed by atoms with Gasteiger partial charge in [-0.2, -0.15) is 9.61 Å². The number of aliphatic hydroxyl groups excluding tert-OH is 1. The van der Waals surface area contributed by atoms with Crippen molar-refractivity contribution in [1.82, 2.24) is 14.6 Å². The van der Waals surface area contributed by atoms with E-state index in [-0.39, 0.29) is 11.7 Å². The van der Waals surface area contributed by atoms with Crippen LogP contribution >= 0.6 is 0 Å². The number of aliphatic hydroxyl groups is 1. The third-order valence-corrected chi connectivity index (χ3v) is 6.15. The van der Waals surface area contributed by atoms with E-state index in [1.165, 1.54) is 18.6 Å². The Labute approximate surface area is 174 Å². The van der Waals surface area contributed by atoms with E-state index in [1.54, 1.807) is 10.6 Å². The number of nitrogens with zero attached hydrogens (tertiary/aromatic N) is 3. The molecule has 1 aromatic carbocycles. The summed E-state index contributed by atoms with van der Waals surface area (Å²) < 4.78 is 20.8. The Bertz CT molecular complexity index is 1040. The first-order chi connectivity index (χ1) is 14.7. The van der Waals surface area contributed by atoms with E-state index in [4.69, 9.17) is 9.72 Å². The average molecular weight is 411 g/mol. The molecule has 0 unspecified atom stereocenters. The molecule has 1 aliphatic heterocycles. The second-order valence-corrected chi connectivity index (χ2v) is 8.20. The van der Waals surface area contributed by atoms with E-state index < -0.39 is 6.10 Å². The number of fused-ring (bicyclic) bond motifs is 1. The van der Waals surface area contributed by atoms with Crippen molar-refractivity contribution in [2.75, 3.05) is 30.4 Å². The SMILES string of the molecule is O[C@@H]1COCC[C@H]1CNc1cc(Nc2cccc(F)c2)n2ncc(C3CCC3)c2n1. The molecule has 8 heteroatoms. The summed E-state index contributed by atoms with van der Waals surface area (Å²) in [6.45, 7) is 1.65. The van der Waals surface area contributed by atoms with Gasteiger partial charge in [-0.05, 0) is 43.4 Å². The molecule has 158 valence electrons. The molecule has 2 fully saturated rings. The number of halogens is 1. The molecule has 0 amide bonds. The topological polar surface area (TPSA) is 83.7 Å². The van der Waals surface area contributed by atoms with Gasteiger partial charge < -0.3 is 20.5 Å². The van der Waals surface area contributed by atoms with Gasteiger partial charge in [-0.1, -0.05) is 12.5 Å². The number of nitrogens with one attached hydrogen (secondary N) is 2. The first kappa shape index (κ1) is 19.3. The Morgan fingerprint density at radius 3 is 2.90 bits per heavy atom. The smallest absolute Gasteiger partial charge is 0.163 e. The lowest BCUT2D eigenvalue weighted by Gasteiger charge is -2.28. The molecule has 3 N–H and O–H groups in total. The fourth-order valence-electron chi connectivity index (χ4n) is 4.12. The first-order valence-corrected chi connectivity index (χ1v) is 10.6. The highest BCUT2D eigenvalue weighted by molar-refractivity contribution is 5.66. The largest absolute Gasteiger partial charge is 0.390 e. The van der Waals surface area contributed by atoms with Gasteiger partial charge in [0.1, 0.15) is 17.5 Å². The lowest BCUT2D eigenvalue weighted by atomic mass is 9.81. The van der Waals surface area contributed by atoms with Crippen molar-refractivity contribution < 1.29 is 14.2 Å². The zero-order valence-electron chi connectivity index (χ0n) is 16.7. The van der Waals surface area contributed by atoms with Crippen LogP contribution in [0.4, 0.5) is 21.7 Å². The predicted molar refractivity (Wildman–Crippen MR) is 113 cm³/mol. The minimum atomic E-state index is -0.472. The number of ether oxygens (including phenoxy) is 1. The minimum absolute atomic E-state index is 0.118. The molecule has 3 heterocycles. The highest BCUT2D eigenvalue weighted by Gasteiger charge is 2.26. The fourth-order valence-corrected chi connectivity index (χ4v) is 4.12. The summed E-state index contributed by atoms with van der Waals surface area (Å²) in [6.07, 6.45) is 5.78. The Balaban J connectivity index is 1.46. The number of aromatic nitrogens is 3. The minimum Gasteiger partial charge on any atom is -0.390 e. The van der Waals surface area contributed by atoms with Crippen LogP contribution < -0.4 is 10.6 Å². The van der Waals surface area contributed by atoms with Gasteiger partial charge in [0.05, 0.1) is 18.9 Å². The van der Waals surface area contributed by atoms with Crippen molar-refractivity contribution in [1.29, 1.82) is 0 Å². The zero-order valence-corrected chi connectivity index (χ0v) is 16.7. The van der Waals surface area contributed by atoms with Crippen molar-refractivity contribution in [3.63, 3.8) is 0 Å². The maximum atomic E-state index is 13.7. The Kier molecular flexibility index (Phi) is 5.26. The van der Waals surface area contributed by atoms with E-state index >= 15 is 0 Å². The summed E-state index contributed by atoms with van der Waals surface area (Å²) in [7, 11) is 0. The molecule has 1 saturated carbocycles. The number of hydrogen-bond acceptors (Lipinski definition) is 6. The molecular weight excluding hydrogens is 385 g/mol. The van der Waals surface area contributed by atoms with Gasteiger partial charge in [0.2, 0.25) is 0 Å². The van der Waals surface area contributed by atoms with Crippen LogP contribution in [0.2, 0.25) is 0 Å². The zero-order chi connectivity index (χ0) is 20.5. The number of anilines is 3. The summed E-state index contributed by atoms with van der Waals surface area (Å²) >= 11 is 0. The first-order valence-electron chi connectivity index (χ1n) is 10.6. The van der Waals surface area contributed by atoms with Crippen LogP contribution in [-0.4, -0.2) is 45.6 Å². The molecule has 2 aromatic heterocycles. The van der Waals surface area contributed by atoms with Gasteiger partial charge >= 0.3 is 0 Å². The van der Waals surface area contributed by atoms with Crippen LogP contribution in [0.5, 0.6) is 0 Å². The van der Waals surface area contributed by atoms with Crippen molar-refractivity contribution in [3.8, 4) is 0 Å². The maximum Gasteiger partial charge on any atom is 0.163 e. The molecular formula is C22H26FN5O2. The molecule has 1 saturated heterocycles. The quantitative estimate of drug-likeness (QED) is 0.574. The molecule has 0 radical (unpaired) electrons. The van der Waals surface area contributed by atoms with Crippen LogP contribution in [0, 0.1) is 11.7 Å². The standard InChI is InChI=1S/C22H26FN5O2/c23-16-5-2-6-17(9-16)26-21-10-20(24-11-15-7-8-30-13-19(15)29)27-22-18(12-25-28(21)22)14-3-1-4-14/h2,5-6,9-10,12,14-15,19,26,29H,1,3-4,7-8,11,13H2,(H,24,27)/t15-,19+/m0/s1. The molecule has 30 heavy (non-hydrogen) atoms. The van der Waals surface area contributed by atoms with Crippen LogP contribution in [0.25, 0.3) is 5.65 Å². The molecule has 0 spiro atoms. The number of benzene rings is 1. The van der Waals surface area contributed by atoms with Gasteiger partial charge in [0, 0.05) is 36.4 Å². The van der Waals surface area contributed by atoms with E-state index in [1.807, 2.05) is 18.3 Å². The molecule has 2 atom stereocenters. The molecule has 0 bridgehead atoms. The van der Waals surface area contributed by atoms with Crippen molar-refractivity contribution in [3.05, 3.63) is 47.9 Å².